The number of methoxy groups -OCH3 is 1. The Kier molecular flexibility index (Phi) is 6.26. The lowest BCUT2D eigenvalue weighted by Crippen LogP contribution is -2.35. The van der Waals surface area contributed by atoms with E-state index in [0.29, 0.717) is 41.3 Å². The van der Waals surface area contributed by atoms with Crippen LogP contribution >= 0.6 is 0 Å². The van der Waals surface area contributed by atoms with Crippen LogP contribution in [0, 0.1) is 0 Å². The van der Waals surface area contributed by atoms with Gasteiger partial charge in [-0.2, -0.15) is 0 Å². The van der Waals surface area contributed by atoms with Crippen LogP contribution in [0.15, 0.2) is 63.9 Å². The number of nitrogens with zero attached hydrogens (tertiary/aromatic N) is 2. The molecule has 35 heavy (non-hydrogen) atoms. The van der Waals surface area contributed by atoms with E-state index in [2.05, 4.69) is 20.6 Å². The van der Waals surface area contributed by atoms with Gasteiger partial charge in [-0.25, -0.2) is 14.8 Å². The van der Waals surface area contributed by atoms with Crippen molar-refractivity contribution in [2.45, 2.75) is 13.0 Å². The van der Waals surface area contributed by atoms with E-state index in [1.165, 1.54) is 6.92 Å². The van der Waals surface area contributed by atoms with E-state index in [1.54, 1.807) is 19.4 Å². The molecule has 1 aliphatic heterocycles. The topological polar surface area (TPSA) is 116 Å². The first-order chi connectivity index (χ1) is 17.0. The normalized spacial score (nSPS) is 15.7. The standard InChI is InChI=1S/C26H24N4O5/c1-15(31)23-24(22-14-27-11-12-34-22)19-8-5-17(13-21(19)35-25(23)32)29-26-28-10-9-20(30-26)16-3-6-18(33-2)7-4-16/h3-10,13,22,27H,11-12,14H2,1-2H3,(H,28,29,30). The average molecular weight is 473 g/mol. The van der Waals surface area contributed by atoms with Gasteiger partial charge < -0.3 is 24.5 Å². The van der Waals surface area contributed by atoms with Gasteiger partial charge in [-0.05, 0) is 49.4 Å². The molecule has 0 saturated carbocycles. The number of rotatable bonds is 6. The number of anilines is 2. The molecule has 1 unspecified atom stereocenters. The van der Waals surface area contributed by atoms with E-state index in [4.69, 9.17) is 13.9 Å². The largest absolute Gasteiger partial charge is 0.497 e. The molecule has 3 heterocycles. The quantitative estimate of drug-likeness (QED) is 0.319. The molecule has 2 N–H and O–H groups in total. The summed E-state index contributed by atoms with van der Waals surface area (Å²) in [6.07, 6.45) is 1.25. The van der Waals surface area contributed by atoms with Gasteiger partial charge in [0.15, 0.2) is 5.78 Å². The Labute approximate surface area is 201 Å². The number of morpholine rings is 1. The summed E-state index contributed by atoms with van der Waals surface area (Å²) < 4.78 is 16.6. The Morgan fingerprint density at radius 3 is 2.71 bits per heavy atom. The fourth-order valence-electron chi connectivity index (χ4n) is 4.19. The highest BCUT2D eigenvalue weighted by Crippen LogP contribution is 2.31. The molecule has 1 fully saturated rings. The summed E-state index contributed by atoms with van der Waals surface area (Å²) in [4.78, 5) is 33.9. The first-order valence-corrected chi connectivity index (χ1v) is 11.2. The van der Waals surface area contributed by atoms with Gasteiger partial charge in [0, 0.05) is 47.6 Å². The summed E-state index contributed by atoms with van der Waals surface area (Å²) in [5.74, 6) is 0.802. The molecule has 0 bridgehead atoms. The number of fused-ring (bicyclic) bond motifs is 1. The summed E-state index contributed by atoms with van der Waals surface area (Å²) in [5.41, 5.74) is 2.56. The molecule has 0 amide bonds. The van der Waals surface area contributed by atoms with Crippen LogP contribution in [-0.4, -0.2) is 42.6 Å². The van der Waals surface area contributed by atoms with Gasteiger partial charge in [0.05, 0.1) is 25.5 Å². The molecular weight excluding hydrogens is 448 g/mol. The van der Waals surface area contributed by atoms with E-state index >= 15 is 0 Å². The summed E-state index contributed by atoms with van der Waals surface area (Å²) in [5, 5.41) is 7.07. The van der Waals surface area contributed by atoms with Crippen molar-refractivity contribution >= 4 is 28.4 Å². The van der Waals surface area contributed by atoms with Crippen molar-refractivity contribution in [3.8, 4) is 17.0 Å². The fourth-order valence-corrected chi connectivity index (χ4v) is 4.19. The van der Waals surface area contributed by atoms with Gasteiger partial charge in [-0.3, -0.25) is 4.79 Å². The number of ketones is 1. The van der Waals surface area contributed by atoms with Gasteiger partial charge in [0.2, 0.25) is 5.95 Å². The van der Waals surface area contributed by atoms with Crippen molar-refractivity contribution in [3.05, 3.63) is 76.3 Å². The van der Waals surface area contributed by atoms with Crippen LogP contribution < -0.4 is 21.0 Å². The number of hydrogen-bond acceptors (Lipinski definition) is 9. The van der Waals surface area contributed by atoms with Crippen molar-refractivity contribution < 1.29 is 18.7 Å². The first kappa shape index (κ1) is 22.7. The number of hydrogen-bond donors (Lipinski definition) is 2. The van der Waals surface area contributed by atoms with Crippen molar-refractivity contribution in [1.82, 2.24) is 15.3 Å². The molecule has 2 aromatic heterocycles. The van der Waals surface area contributed by atoms with Crippen LogP contribution in [0.3, 0.4) is 0 Å². The van der Waals surface area contributed by atoms with Gasteiger partial charge in [-0.15, -0.1) is 0 Å². The minimum absolute atomic E-state index is 0.0300. The third-order valence-corrected chi connectivity index (χ3v) is 5.85. The van der Waals surface area contributed by atoms with E-state index < -0.39 is 11.7 Å². The van der Waals surface area contributed by atoms with Crippen molar-refractivity contribution in [2.75, 3.05) is 32.1 Å². The highest BCUT2D eigenvalue weighted by atomic mass is 16.5. The number of Topliss-reactive ketones (excluding diaryl/α,β-unsaturated/α-hetero) is 1. The summed E-state index contributed by atoms with van der Waals surface area (Å²) >= 11 is 0. The van der Waals surface area contributed by atoms with Gasteiger partial charge in [0.25, 0.3) is 0 Å². The SMILES string of the molecule is COc1ccc(-c2ccnc(Nc3ccc4c(C5CNCCO5)c(C(C)=O)c(=O)oc4c3)n2)cc1. The Bertz CT molecular complexity index is 1440. The molecule has 4 aromatic rings. The third kappa shape index (κ3) is 4.64. The minimum atomic E-state index is -0.677. The lowest BCUT2D eigenvalue weighted by molar-refractivity contribution is 0.0277. The van der Waals surface area contributed by atoms with Crippen molar-refractivity contribution in [2.24, 2.45) is 0 Å². The van der Waals surface area contributed by atoms with Crippen LogP contribution in [0.2, 0.25) is 0 Å². The second-order valence-electron chi connectivity index (χ2n) is 8.13. The monoisotopic (exact) mass is 472 g/mol. The zero-order valence-corrected chi connectivity index (χ0v) is 19.3. The molecule has 9 nitrogen and oxygen atoms in total. The van der Waals surface area contributed by atoms with E-state index in [9.17, 15) is 9.59 Å². The number of nitrogens with one attached hydrogen (secondary N) is 2. The molecule has 2 aromatic carbocycles. The van der Waals surface area contributed by atoms with Crippen LogP contribution in [0.1, 0.15) is 28.9 Å². The highest BCUT2D eigenvalue weighted by molar-refractivity contribution is 6.00. The number of ether oxygens (including phenoxy) is 2. The molecule has 178 valence electrons. The maximum Gasteiger partial charge on any atom is 0.347 e. The Morgan fingerprint density at radius 1 is 1.17 bits per heavy atom. The smallest absolute Gasteiger partial charge is 0.347 e. The number of carbonyl (C=O) groups excluding carboxylic acids is 1. The second-order valence-corrected chi connectivity index (χ2v) is 8.13. The van der Waals surface area contributed by atoms with Gasteiger partial charge >= 0.3 is 5.63 Å². The number of carbonyl (C=O) groups is 1. The lowest BCUT2D eigenvalue weighted by Gasteiger charge is -2.26. The number of aromatic nitrogens is 2. The van der Waals surface area contributed by atoms with Crippen molar-refractivity contribution in [3.63, 3.8) is 0 Å². The zero-order valence-electron chi connectivity index (χ0n) is 19.3. The average Bonchev–Trinajstić information content (AvgIpc) is 2.88. The van der Waals surface area contributed by atoms with Crippen LogP contribution in [0.4, 0.5) is 11.6 Å². The number of benzene rings is 2. The molecule has 5 rings (SSSR count). The van der Waals surface area contributed by atoms with Crippen LogP contribution in [0.25, 0.3) is 22.2 Å². The Morgan fingerprint density at radius 2 is 2.00 bits per heavy atom. The molecule has 9 heteroatoms. The lowest BCUT2D eigenvalue weighted by atomic mass is 9.96. The molecular formula is C26H24N4O5. The maximum absolute atomic E-state index is 12.7. The highest BCUT2D eigenvalue weighted by Gasteiger charge is 2.27. The first-order valence-electron chi connectivity index (χ1n) is 11.2. The molecule has 1 aliphatic rings. The molecule has 0 aliphatic carbocycles. The minimum Gasteiger partial charge on any atom is -0.497 e. The predicted octanol–water partition coefficient (Wildman–Crippen LogP) is 3.87. The van der Waals surface area contributed by atoms with Crippen LogP contribution in [-0.2, 0) is 4.74 Å². The summed E-state index contributed by atoms with van der Waals surface area (Å²) in [7, 11) is 1.62. The fraction of sp³-hybridized carbons (Fsp3) is 0.231. The van der Waals surface area contributed by atoms with Crippen molar-refractivity contribution in [1.29, 1.82) is 0 Å². The molecule has 1 atom stereocenters. The third-order valence-electron chi connectivity index (χ3n) is 5.85. The molecule has 0 spiro atoms. The van der Waals surface area contributed by atoms with Gasteiger partial charge in [0.1, 0.15) is 16.9 Å². The summed E-state index contributed by atoms with van der Waals surface area (Å²) in [6, 6.07) is 14.7. The second kappa shape index (κ2) is 9.65. The van der Waals surface area contributed by atoms with Gasteiger partial charge in [-0.1, -0.05) is 0 Å². The Balaban J connectivity index is 1.50. The van der Waals surface area contributed by atoms with E-state index in [-0.39, 0.29) is 11.3 Å². The Hall–Kier alpha value is -4.08. The van der Waals surface area contributed by atoms with E-state index in [0.717, 1.165) is 23.6 Å². The summed E-state index contributed by atoms with van der Waals surface area (Å²) in [6.45, 7) is 3.08. The molecule has 1 saturated heterocycles. The predicted molar refractivity (Wildman–Crippen MR) is 131 cm³/mol. The van der Waals surface area contributed by atoms with Crippen LogP contribution in [0.5, 0.6) is 5.75 Å². The molecule has 0 radical (unpaired) electrons. The zero-order chi connectivity index (χ0) is 24.4. The maximum atomic E-state index is 12.7. The van der Waals surface area contributed by atoms with E-state index in [1.807, 2.05) is 42.5 Å².